The van der Waals surface area contributed by atoms with Gasteiger partial charge in [-0.15, -0.1) is 0 Å². The molecule has 0 bridgehead atoms. The van der Waals surface area contributed by atoms with Crippen molar-refractivity contribution in [2.24, 2.45) is 0 Å². The fourth-order valence-corrected chi connectivity index (χ4v) is 4.95. The fraction of sp³-hybridized carbons (Fsp3) is 0.269. The number of aromatic nitrogens is 3. The van der Waals surface area contributed by atoms with E-state index in [9.17, 15) is 13.6 Å². The number of benzene rings is 2. The number of carbonyl (C=O) groups is 1. The van der Waals surface area contributed by atoms with Crippen molar-refractivity contribution in [2.45, 2.75) is 31.5 Å². The van der Waals surface area contributed by atoms with Crippen LogP contribution in [0.25, 0.3) is 16.4 Å². The van der Waals surface area contributed by atoms with Gasteiger partial charge in [0.05, 0.1) is 24.0 Å². The summed E-state index contributed by atoms with van der Waals surface area (Å²) in [7, 11) is 0. The van der Waals surface area contributed by atoms with Crippen LogP contribution in [0.1, 0.15) is 34.8 Å². The number of alkyl halides is 2. The number of carbonyl (C=O) groups excluding carboxylic acids is 1. The highest BCUT2D eigenvalue weighted by Gasteiger charge is 2.34. The molecule has 2 aliphatic heterocycles. The molecule has 2 aliphatic rings. The van der Waals surface area contributed by atoms with Crippen molar-refractivity contribution in [3.8, 4) is 5.75 Å². The summed E-state index contributed by atoms with van der Waals surface area (Å²) in [4.78, 5) is 17.6. The SMILES string of the molecule is O=C(NC1=CN(C2CCCNC2)NC1c1cc2ccccc2cc1OC(F)F)c1cnn2cccnc12. The summed E-state index contributed by atoms with van der Waals surface area (Å²) in [6.45, 7) is -1.29. The minimum atomic E-state index is -2.99. The van der Waals surface area contributed by atoms with E-state index >= 15 is 0 Å². The van der Waals surface area contributed by atoms with Crippen LogP contribution in [-0.4, -0.2) is 51.3 Å². The first kappa shape index (κ1) is 23.3. The Bertz CT molecular complexity index is 1480. The van der Waals surface area contributed by atoms with Crippen LogP contribution in [-0.2, 0) is 0 Å². The van der Waals surface area contributed by atoms with Gasteiger partial charge in [-0.2, -0.15) is 13.9 Å². The molecular weight excluding hydrogens is 480 g/mol. The second kappa shape index (κ2) is 9.75. The fourth-order valence-electron chi connectivity index (χ4n) is 4.95. The van der Waals surface area contributed by atoms with Gasteiger partial charge in [0.2, 0.25) is 0 Å². The Morgan fingerprint density at radius 3 is 2.81 bits per heavy atom. The molecule has 1 saturated heterocycles. The molecule has 1 amide bonds. The Kier molecular flexibility index (Phi) is 6.15. The smallest absolute Gasteiger partial charge is 0.387 e. The zero-order valence-corrected chi connectivity index (χ0v) is 19.8. The van der Waals surface area contributed by atoms with Crippen molar-refractivity contribution in [3.05, 3.63) is 84.1 Å². The Balaban J connectivity index is 1.39. The summed E-state index contributed by atoms with van der Waals surface area (Å²) < 4.78 is 33.4. The van der Waals surface area contributed by atoms with Gasteiger partial charge in [-0.05, 0) is 48.4 Å². The van der Waals surface area contributed by atoms with Gasteiger partial charge in [-0.1, -0.05) is 24.3 Å². The van der Waals surface area contributed by atoms with Crippen LogP contribution in [0.3, 0.4) is 0 Å². The summed E-state index contributed by atoms with van der Waals surface area (Å²) in [5.41, 5.74) is 5.15. The van der Waals surface area contributed by atoms with E-state index in [2.05, 4.69) is 26.1 Å². The average Bonchev–Trinajstić information content (AvgIpc) is 3.53. The van der Waals surface area contributed by atoms with Crippen molar-refractivity contribution in [1.82, 2.24) is 35.7 Å². The van der Waals surface area contributed by atoms with E-state index < -0.39 is 18.6 Å². The molecule has 37 heavy (non-hydrogen) atoms. The molecule has 190 valence electrons. The number of fused-ring (bicyclic) bond motifs is 2. The molecule has 2 aromatic heterocycles. The van der Waals surface area contributed by atoms with Crippen LogP contribution >= 0.6 is 0 Å². The Labute approximate surface area is 211 Å². The number of nitrogens with zero attached hydrogens (tertiary/aromatic N) is 4. The molecule has 2 unspecified atom stereocenters. The lowest BCUT2D eigenvalue weighted by atomic mass is 9.99. The van der Waals surface area contributed by atoms with Gasteiger partial charge < -0.3 is 20.4 Å². The second-order valence-corrected chi connectivity index (χ2v) is 9.07. The first-order valence-electron chi connectivity index (χ1n) is 12.1. The van der Waals surface area contributed by atoms with E-state index in [1.54, 1.807) is 24.5 Å². The van der Waals surface area contributed by atoms with Crippen LogP contribution in [0, 0.1) is 0 Å². The summed E-state index contributed by atoms with van der Waals surface area (Å²) in [6.07, 6.45) is 8.54. The van der Waals surface area contributed by atoms with Crippen LogP contribution in [0.4, 0.5) is 8.78 Å². The molecule has 11 heteroatoms. The highest BCUT2D eigenvalue weighted by molar-refractivity contribution is 6.00. The van der Waals surface area contributed by atoms with Crippen molar-refractivity contribution in [2.75, 3.05) is 13.1 Å². The summed E-state index contributed by atoms with van der Waals surface area (Å²) in [5.74, 6) is -0.347. The average molecular weight is 506 g/mol. The van der Waals surface area contributed by atoms with Gasteiger partial charge in [0.15, 0.2) is 5.65 Å². The molecule has 2 aromatic carbocycles. The first-order chi connectivity index (χ1) is 18.1. The Morgan fingerprint density at radius 2 is 2.03 bits per heavy atom. The van der Waals surface area contributed by atoms with Crippen LogP contribution < -0.4 is 20.8 Å². The van der Waals surface area contributed by atoms with Gasteiger partial charge in [-0.3, -0.25) is 4.79 Å². The summed E-state index contributed by atoms with van der Waals surface area (Å²) >= 11 is 0. The number of amides is 1. The number of halogens is 2. The maximum absolute atomic E-state index is 13.4. The molecule has 6 rings (SSSR count). The lowest BCUT2D eigenvalue weighted by Gasteiger charge is -2.32. The topological polar surface area (TPSA) is 95.8 Å². The summed E-state index contributed by atoms with van der Waals surface area (Å²) in [5, 5.41) is 14.2. The molecule has 0 spiro atoms. The monoisotopic (exact) mass is 505 g/mol. The maximum atomic E-state index is 13.4. The molecule has 3 N–H and O–H groups in total. The zero-order valence-electron chi connectivity index (χ0n) is 19.8. The highest BCUT2D eigenvalue weighted by atomic mass is 19.3. The van der Waals surface area contributed by atoms with E-state index in [4.69, 9.17) is 4.74 Å². The molecule has 4 aromatic rings. The molecule has 9 nitrogen and oxygen atoms in total. The lowest BCUT2D eigenvalue weighted by Crippen LogP contribution is -2.48. The van der Waals surface area contributed by atoms with Crippen LogP contribution in [0.15, 0.2) is 73.0 Å². The zero-order chi connectivity index (χ0) is 25.4. The minimum Gasteiger partial charge on any atom is -0.434 e. The molecule has 1 fully saturated rings. The maximum Gasteiger partial charge on any atom is 0.387 e. The number of hydrazine groups is 1. The number of hydrogen-bond acceptors (Lipinski definition) is 7. The molecule has 4 heterocycles. The molecule has 0 saturated carbocycles. The van der Waals surface area contributed by atoms with Crippen molar-refractivity contribution >= 4 is 22.3 Å². The molecule has 0 aliphatic carbocycles. The van der Waals surface area contributed by atoms with E-state index in [0.29, 0.717) is 22.5 Å². The number of rotatable bonds is 6. The van der Waals surface area contributed by atoms with Crippen molar-refractivity contribution < 1.29 is 18.3 Å². The van der Waals surface area contributed by atoms with Gasteiger partial charge in [0.25, 0.3) is 5.91 Å². The number of hydrogen-bond donors (Lipinski definition) is 3. The molecular formula is C26H25F2N7O2. The van der Waals surface area contributed by atoms with Gasteiger partial charge in [-0.25, -0.2) is 14.9 Å². The van der Waals surface area contributed by atoms with Crippen LogP contribution in [0.5, 0.6) is 5.75 Å². The third-order valence-electron chi connectivity index (χ3n) is 6.72. The third-order valence-corrected chi connectivity index (χ3v) is 6.72. The largest absolute Gasteiger partial charge is 0.434 e. The van der Waals surface area contributed by atoms with Gasteiger partial charge in [0.1, 0.15) is 11.3 Å². The highest BCUT2D eigenvalue weighted by Crippen LogP contribution is 2.37. The van der Waals surface area contributed by atoms with E-state index in [0.717, 1.165) is 36.7 Å². The van der Waals surface area contributed by atoms with Crippen molar-refractivity contribution in [1.29, 1.82) is 0 Å². The standard InChI is InChI=1S/C26H25F2N7O2/c27-26(28)37-22-12-17-6-2-1-5-16(17)11-19(22)23-21(15-35(33-23)18-7-3-8-29-13-18)32-25(36)20-14-31-34-10-4-9-30-24(20)34/h1-2,4-6,9-12,14-15,18,23,26,29,33H,3,7-8,13H2,(H,32,36). The van der Waals surface area contributed by atoms with Gasteiger partial charge in [0, 0.05) is 30.7 Å². The molecule has 2 atom stereocenters. The third kappa shape index (κ3) is 4.58. The quantitative estimate of drug-likeness (QED) is 0.370. The van der Waals surface area contributed by atoms with Crippen LogP contribution in [0.2, 0.25) is 0 Å². The normalized spacial score (nSPS) is 20.0. The number of piperidine rings is 1. The Morgan fingerprint density at radius 1 is 1.19 bits per heavy atom. The summed E-state index contributed by atoms with van der Waals surface area (Å²) in [6, 6.07) is 12.1. The number of ether oxygens (including phenoxy) is 1. The first-order valence-corrected chi connectivity index (χ1v) is 12.1. The predicted molar refractivity (Wildman–Crippen MR) is 133 cm³/mol. The minimum absolute atomic E-state index is 0.0487. The van der Waals surface area contributed by atoms with E-state index in [1.807, 2.05) is 41.5 Å². The predicted octanol–water partition coefficient (Wildman–Crippen LogP) is 3.37. The Hall–Kier alpha value is -4.09. The molecule has 0 radical (unpaired) electrons. The second-order valence-electron chi connectivity index (χ2n) is 9.07. The van der Waals surface area contributed by atoms with E-state index in [1.165, 1.54) is 10.7 Å². The van der Waals surface area contributed by atoms with Crippen molar-refractivity contribution in [3.63, 3.8) is 0 Å². The lowest BCUT2D eigenvalue weighted by molar-refractivity contribution is -0.0506. The number of nitrogens with one attached hydrogen (secondary N) is 3. The van der Waals surface area contributed by atoms with Gasteiger partial charge >= 0.3 is 6.61 Å². The van der Waals surface area contributed by atoms with E-state index in [-0.39, 0.29) is 11.8 Å².